The van der Waals surface area contributed by atoms with E-state index in [4.69, 9.17) is 0 Å². The van der Waals surface area contributed by atoms with Crippen LogP contribution in [0.5, 0.6) is 0 Å². The second-order valence-electron chi connectivity index (χ2n) is 6.64. The van der Waals surface area contributed by atoms with Crippen molar-refractivity contribution in [1.82, 2.24) is 0 Å². The van der Waals surface area contributed by atoms with Crippen molar-refractivity contribution in [2.75, 3.05) is 0 Å². The van der Waals surface area contributed by atoms with Crippen molar-refractivity contribution in [3.8, 4) is 0 Å². The van der Waals surface area contributed by atoms with Gasteiger partial charge in [0.05, 0.1) is 0 Å². The van der Waals surface area contributed by atoms with Crippen LogP contribution in [0.1, 0.15) is 52.6 Å². The van der Waals surface area contributed by atoms with Gasteiger partial charge in [-0.1, -0.05) is 0 Å². The van der Waals surface area contributed by atoms with Crippen molar-refractivity contribution in [2.45, 2.75) is 53.4 Å². The van der Waals surface area contributed by atoms with Crippen molar-refractivity contribution in [3.63, 3.8) is 0 Å². The number of hydrogen-bond donors (Lipinski definition) is 0. The van der Waals surface area contributed by atoms with Gasteiger partial charge in [-0.3, -0.25) is 0 Å². The Balaban J connectivity index is 3.08. The molecular weight excluding hydrogens is 179 g/mol. The minimum absolute atomic E-state index is 0.252. The molecule has 82 valence electrons. The minimum atomic E-state index is 0.252. The summed E-state index contributed by atoms with van der Waals surface area (Å²) in [6.45, 7) is 16.0. The van der Waals surface area contributed by atoms with Crippen LogP contribution in [0, 0.1) is 5.41 Å². The van der Waals surface area contributed by atoms with Crippen LogP contribution in [0.4, 0.5) is 0 Å². The standard InChI is InChI=1S/C14H23B/c1-13(2,3)10-11-8-7-9-15-12(11)14(4,5)6/h7-9H,10H2,1-6H3. The molecule has 15 heavy (non-hydrogen) atoms. The van der Waals surface area contributed by atoms with E-state index in [1.807, 2.05) is 0 Å². The molecule has 0 saturated carbocycles. The molecule has 1 aromatic heterocycles. The Morgan fingerprint density at radius 3 is 2.13 bits per heavy atom. The molecule has 0 spiro atoms. The molecule has 0 saturated heterocycles. The molecule has 0 fully saturated rings. The average Bonchev–Trinajstić information content (AvgIpc) is 1.99. The summed E-state index contributed by atoms with van der Waals surface area (Å²) in [5, 5.41) is 0. The van der Waals surface area contributed by atoms with Crippen LogP contribution >= 0.6 is 0 Å². The third kappa shape index (κ3) is 3.81. The average molecular weight is 202 g/mol. The first-order chi connectivity index (χ1) is 6.70. The van der Waals surface area contributed by atoms with Gasteiger partial charge in [0.2, 0.25) is 0 Å². The summed E-state index contributed by atoms with van der Waals surface area (Å²) in [5.74, 6) is 2.15. The second-order valence-corrected chi connectivity index (χ2v) is 6.64. The second kappa shape index (κ2) is 4.12. The Kier molecular flexibility index (Phi) is 3.43. The SMILES string of the molecule is CC(C)(C)Cc1cccbc1C(C)(C)C. The summed E-state index contributed by atoms with van der Waals surface area (Å²) < 4.78 is 0. The van der Waals surface area contributed by atoms with Crippen LogP contribution in [0.25, 0.3) is 0 Å². The van der Waals surface area contributed by atoms with Crippen molar-refractivity contribution in [3.05, 3.63) is 29.1 Å². The van der Waals surface area contributed by atoms with Gasteiger partial charge in [-0.25, -0.2) is 0 Å². The monoisotopic (exact) mass is 202 g/mol. The first-order valence-electron chi connectivity index (χ1n) is 5.78. The Labute approximate surface area is 95.3 Å². The van der Waals surface area contributed by atoms with Crippen LogP contribution in [0.3, 0.4) is 0 Å². The zero-order valence-electron chi connectivity index (χ0n) is 11.0. The fourth-order valence-corrected chi connectivity index (χ4v) is 1.98. The Hall–Kier alpha value is -0.585. The molecule has 0 aliphatic rings. The summed E-state index contributed by atoms with van der Waals surface area (Å²) >= 11 is 0. The molecule has 0 aromatic carbocycles. The van der Waals surface area contributed by atoms with Gasteiger partial charge in [-0.15, -0.1) is 0 Å². The van der Waals surface area contributed by atoms with E-state index >= 15 is 0 Å². The molecule has 0 N–H and O–H groups in total. The zero-order chi connectivity index (χ0) is 11.7. The molecule has 0 aliphatic heterocycles. The predicted molar refractivity (Wildman–Crippen MR) is 69.6 cm³/mol. The van der Waals surface area contributed by atoms with Gasteiger partial charge in [-0.2, -0.15) is 0 Å². The van der Waals surface area contributed by atoms with Crippen molar-refractivity contribution < 1.29 is 0 Å². The van der Waals surface area contributed by atoms with Gasteiger partial charge in [0, 0.05) is 0 Å². The van der Waals surface area contributed by atoms with E-state index in [1.54, 1.807) is 0 Å². The summed E-state index contributed by atoms with van der Waals surface area (Å²) in [5.41, 5.74) is 3.60. The molecule has 1 rings (SSSR count). The van der Waals surface area contributed by atoms with Crippen LogP contribution in [-0.2, 0) is 11.8 Å². The first kappa shape index (κ1) is 12.5. The molecule has 0 aliphatic carbocycles. The van der Waals surface area contributed by atoms with Gasteiger partial charge in [0.15, 0.2) is 0 Å². The van der Waals surface area contributed by atoms with Gasteiger partial charge in [0.25, 0.3) is 0 Å². The Morgan fingerprint density at radius 1 is 1.07 bits per heavy atom. The summed E-state index contributed by atoms with van der Waals surface area (Å²) in [4.78, 5) is 0. The third-order valence-electron chi connectivity index (χ3n) is 2.55. The van der Waals surface area contributed by atoms with Gasteiger partial charge in [0.1, 0.15) is 0 Å². The van der Waals surface area contributed by atoms with E-state index in [-0.39, 0.29) is 5.41 Å². The van der Waals surface area contributed by atoms with E-state index in [0.29, 0.717) is 5.41 Å². The maximum absolute atomic E-state index is 2.30. The summed E-state index contributed by atoms with van der Waals surface area (Å²) in [6.07, 6.45) is 1.15. The van der Waals surface area contributed by atoms with Gasteiger partial charge in [-0.05, 0) is 0 Å². The number of rotatable bonds is 1. The zero-order valence-corrected chi connectivity index (χ0v) is 11.0. The molecule has 0 amide bonds. The van der Waals surface area contributed by atoms with Crippen LogP contribution in [0.15, 0.2) is 18.1 Å². The van der Waals surface area contributed by atoms with E-state index in [1.165, 1.54) is 11.0 Å². The molecule has 1 heteroatoms. The quantitative estimate of drug-likeness (QED) is 0.647. The van der Waals surface area contributed by atoms with E-state index < -0.39 is 0 Å². The fourth-order valence-electron chi connectivity index (χ4n) is 1.98. The third-order valence-corrected chi connectivity index (χ3v) is 2.55. The van der Waals surface area contributed by atoms with Gasteiger partial charge >= 0.3 is 94.8 Å². The topological polar surface area (TPSA) is 0 Å². The molecule has 1 heterocycles. The summed E-state index contributed by atoms with van der Waals surface area (Å²) in [6, 6.07) is 4.42. The van der Waals surface area contributed by atoms with Gasteiger partial charge < -0.3 is 0 Å². The van der Waals surface area contributed by atoms with Crippen molar-refractivity contribution in [2.24, 2.45) is 5.41 Å². The predicted octanol–water partition coefficient (Wildman–Crippen LogP) is 3.91. The molecule has 0 bridgehead atoms. The molecule has 0 unspecified atom stereocenters. The molecule has 0 nitrogen and oxygen atoms in total. The maximum atomic E-state index is 2.30. The normalized spacial score (nSPS) is 12.7. The molecule has 0 radical (unpaired) electrons. The Bertz CT molecular complexity index is 326. The first-order valence-corrected chi connectivity index (χ1v) is 5.78. The van der Waals surface area contributed by atoms with E-state index in [2.05, 4.69) is 66.5 Å². The van der Waals surface area contributed by atoms with Crippen molar-refractivity contribution >= 4 is 6.91 Å². The summed E-state index contributed by atoms with van der Waals surface area (Å²) in [7, 11) is 0. The number of hydrogen-bond acceptors (Lipinski definition) is 0. The molecule has 1 aromatic rings. The molecular formula is C14H23B. The van der Waals surface area contributed by atoms with Crippen molar-refractivity contribution in [1.29, 1.82) is 0 Å². The van der Waals surface area contributed by atoms with E-state index in [9.17, 15) is 0 Å². The van der Waals surface area contributed by atoms with E-state index in [0.717, 1.165) is 6.42 Å². The molecule has 0 atom stereocenters. The van der Waals surface area contributed by atoms with Crippen LogP contribution in [0.2, 0.25) is 0 Å². The fraction of sp³-hybridized carbons (Fsp3) is 0.643. The van der Waals surface area contributed by atoms with Crippen LogP contribution < -0.4 is 0 Å². The van der Waals surface area contributed by atoms with Crippen LogP contribution in [-0.4, -0.2) is 6.91 Å². The Morgan fingerprint density at radius 2 is 1.67 bits per heavy atom.